The van der Waals surface area contributed by atoms with E-state index < -0.39 is 0 Å². The minimum absolute atomic E-state index is 0.0696. The molecule has 0 aromatic rings. The van der Waals surface area contributed by atoms with Crippen molar-refractivity contribution in [2.45, 2.75) is 51.5 Å². The van der Waals surface area contributed by atoms with Gasteiger partial charge in [0.25, 0.3) is 0 Å². The first-order valence-corrected chi connectivity index (χ1v) is 10.4. The Morgan fingerprint density at radius 2 is 2.04 bits per heavy atom. The summed E-state index contributed by atoms with van der Waals surface area (Å²) < 4.78 is 2.30. The Balaban J connectivity index is 1.57. The van der Waals surface area contributed by atoms with Gasteiger partial charge in [0.15, 0.2) is 11.8 Å². The zero-order valence-electron chi connectivity index (χ0n) is 15.7. The Bertz CT molecular complexity index is 667. The lowest BCUT2D eigenvalue weighted by Crippen LogP contribution is -2.62. The van der Waals surface area contributed by atoms with Gasteiger partial charge in [-0.3, -0.25) is 4.79 Å². The molecule has 0 amide bonds. The molecule has 4 bridgehead atoms. The number of aliphatic hydroxyl groups is 1. The molecule has 0 saturated heterocycles. The van der Waals surface area contributed by atoms with Crippen LogP contribution in [-0.2, 0) is 4.79 Å². The zero-order chi connectivity index (χ0) is 17.5. The van der Waals surface area contributed by atoms with Crippen molar-refractivity contribution in [3.8, 4) is 0 Å². The van der Waals surface area contributed by atoms with Gasteiger partial charge in [0.2, 0.25) is 0 Å². The van der Waals surface area contributed by atoms with E-state index in [1.165, 1.54) is 25.7 Å². The number of hydrogen-bond acceptors (Lipinski definition) is 2. The molecule has 3 nitrogen and oxygen atoms in total. The topological polar surface area (TPSA) is 40.3 Å². The Morgan fingerprint density at radius 3 is 2.80 bits per heavy atom. The first-order valence-electron chi connectivity index (χ1n) is 10.4. The van der Waals surface area contributed by atoms with Gasteiger partial charge in [-0.1, -0.05) is 13.5 Å². The summed E-state index contributed by atoms with van der Waals surface area (Å²) in [6.07, 6.45) is 9.44. The Morgan fingerprint density at radius 1 is 1.28 bits per heavy atom. The number of likely N-dealkylation sites (N-methyl/N-ethyl adjacent to an activating group) is 1. The average molecular weight is 343 g/mol. The summed E-state index contributed by atoms with van der Waals surface area (Å²) in [5.41, 5.74) is 0.882. The van der Waals surface area contributed by atoms with Crippen molar-refractivity contribution in [1.82, 2.24) is 0 Å². The molecule has 9 atom stereocenters. The molecular formula is C22H32NO2+. The van der Waals surface area contributed by atoms with Gasteiger partial charge in [-0.2, -0.15) is 0 Å². The van der Waals surface area contributed by atoms with Crippen molar-refractivity contribution >= 4 is 12.0 Å². The lowest BCUT2D eigenvalue weighted by atomic mass is 9.40. The maximum atomic E-state index is 13.2. The van der Waals surface area contributed by atoms with Crippen molar-refractivity contribution in [3.05, 3.63) is 12.2 Å². The van der Waals surface area contributed by atoms with Crippen LogP contribution < -0.4 is 0 Å². The average Bonchev–Trinajstić information content (AvgIpc) is 2.62. The maximum Gasteiger partial charge on any atom is 0.178 e. The number of ketones is 1. The van der Waals surface area contributed by atoms with Crippen molar-refractivity contribution in [3.63, 3.8) is 0 Å². The molecule has 6 aliphatic rings. The monoisotopic (exact) mass is 342 g/mol. The summed E-state index contributed by atoms with van der Waals surface area (Å²) in [6.45, 7) is 6.88. The lowest BCUT2D eigenvalue weighted by Gasteiger charge is -2.63. The van der Waals surface area contributed by atoms with E-state index in [-0.39, 0.29) is 18.1 Å². The second-order valence-corrected chi connectivity index (χ2v) is 9.86. The summed E-state index contributed by atoms with van der Waals surface area (Å²) in [5, 5.41) is 9.91. The second-order valence-electron chi connectivity index (χ2n) is 9.86. The Labute approximate surface area is 151 Å². The van der Waals surface area contributed by atoms with Crippen molar-refractivity contribution in [2.75, 3.05) is 13.7 Å². The maximum absolute atomic E-state index is 13.2. The summed E-state index contributed by atoms with van der Waals surface area (Å²) in [6, 6.07) is 0.285. The van der Waals surface area contributed by atoms with E-state index in [1.807, 2.05) is 0 Å². The summed E-state index contributed by atoms with van der Waals surface area (Å²) in [5.74, 6) is 4.73. The molecule has 1 N–H and O–H groups in total. The van der Waals surface area contributed by atoms with Crippen LogP contribution in [0.3, 0.4) is 0 Å². The molecule has 3 heteroatoms. The fraction of sp³-hybridized carbons (Fsp3) is 0.818. The highest BCUT2D eigenvalue weighted by Crippen LogP contribution is 2.66. The number of Topliss-reactive ketones (excluding diaryl/α,β-unsaturated/α-hetero) is 1. The van der Waals surface area contributed by atoms with Crippen LogP contribution in [0.25, 0.3) is 0 Å². The largest absolute Gasteiger partial charge is 0.389 e. The highest BCUT2D eigenvalue weighted by molar-refractivity contribution is 6.02. The van der Waals surface area contributed by atoms with Gasteiger partial charge in [-0.05, 0) is 73.7 Å². The van der Waals surface area contributed by atoms with Gasteiger partial charge < -0.3 is 5.11 Å². The highest BCUT2D eigenvalue weighted by atomic mass is 16.3. The number of fused-ring (bicyclic) bond motifs is 6. The number of aliphatic hydroxyl groups excluding tert-OH is 1. The molecular weight excluding hydrogens is 310 g/mol. The number of carbonyl (C=O) groups excluding carboxylic acids is 1. The van der Waals surface area contributed by atoms with E-state index in [1.54, 1.807) is 0 Å². The van der Waals surface area contributed by atoms with Crippen molar-refractivity contribution in [1.29, 1.82) is 0 Å². The van der Waals surface area contributed by atoms with Gasteiger partial charge in [0.1, 0.15) is 19.9 Å². The molecule has 136 valence electrons. The van der Waals surface area contributed by atoms with Crippen LogP contribution in [0, 0.1) is 46.8 Å². The van der Waals surface area contributed by atoms with E-state index in [0.717, 1.165) is 24.3 Å². The molecule has 1 aliphatic heterocycles. The third-order valence-corrected chi connectivity index (χ3v) is 9.33. The molecule has 1 spiro atoms. The molecule has 6 rings (SSSR count). The van der Waals surface area contributed by atoms with E-state index in [4.69, 9.17) is 0 Å². The molecule has 5 aliphatic carbocycles. The minimum Gasteiger partial charge on any atom is -0.389 e. The summed E-state index contributed by atoms with van der Waals surface area (Å²) in [7, 11) is 2.14. The molecule has 9 unspecified atom stereocenters. The van der Waals surface area contributed by atoms with Crippen LogP contribution in [-0.4, -0.2) is 41.4 Å². The smallest absolute Gasteiger partial charge is 0.178 e. The van der Waals surface area contributed by atoms with Crippen LogP contribution >= 0.6 is 0 Å². The van der Waals surface area contributed by atoms with Gasteiger partial charge in [-0.25, -0.2) is 4.58 Å². The molecule has 0 aromatic carbocycles. The third-order valence-electron chi connectivity index (χ3n) is 9.33. The molecule has 0 aromatic heterocycles. The fourth-order valence-corrected chi connectivity index (χ4v) is 8.11. The number of carbonyl (C=O) groups is 1. The van der Waals surface area contributed by atoms with Crippen LogP contribution in [0.5, 0.6) is 0 Å². The minimum atomic E-state index is -0.0696. The van der Waals surface area contributed by atoms with Crippen LogP contribution in [0.4, 0.5) is 0 Å². The van der Waals surface area contributed by atoms with Crippen molar-refractivity contribution in [2.24, 2.45) is 46.8 Å². The standard InChI is InChI=1S/C22H32NO2/c1-12-14-4-6-22(21(12)25)7-5-16-13(2)17-8-15(20(16)18(22)9-14)10-23(3)19(17)11-24/h10,13-20,24H,1,4-9,11H2,2-3H3/q+1. The number of hydrogen-bond donors (Lipinski definition) is 1. The highest BCUT2D eigenvalue weighted by Gasteiger charge is 2.64. The second kappa shape index (κ2) is 5.28. The van der Waals surface area contributed by atoms with E-state index in [2.05, 4.69) is 31.3 Å². The Hall–Kier alpha value is -0.960. The van der Waals surface area contributed by atoms with Gasteiger partial charge in [0.05, 0.1) is 0 Å². The summed E-state index contributed by atoms with van der Waals surface area (Å²) >= 11 is 0. The van der Waals surface area contributed by atoms with Gasteiger partial charge >= 0.3 is 0 Å². The predicted octanol–water partition coefficient (Wildman–Crippen LogP) is 2.91. The lowest BCUT2D eigenvalue weighted by molar-refractivity contribution is -0.560. The zero-order valence-corrected chi connectivity index (χ0v) is 15.7. The van der Waals surface area contributed by atoms with E-state index >= 15 is 0 Å². The van der Waals surface area contributed by atoms with Gasteiger partial charge in [0, 0.05) is 17.3 Å². The van der Waals surface area contributed by atoms with Crippen molar-refractivity contribution < 1.29 is 14.5 Å². The number of rotatable bonds is 1. The quantitative estimate of drug-likeness (QED) is 0.588. The van der Waals surface area contributed by atoms with Gasteiger partial charge in [-0.15, -0.1) is 0 Å². The predicted molar refractivity (Wildman–Crippen MR) is 97.5 cm³/mol. The summed E-state index contributed by atoms with van der Waals surface area (Å²) in [4.78, 5) is 13.2. The third kappa shape index (κ3) is 1.91. The molecule has 5 fully saturated rings. The fourth-order valence-electron chi connectivity index (χ4n) is 8.11. The van der Waals surface area contributed by atoms with Crippen LogP contribution in [0.2, 0.25) is 0 Å². The molecule has 5 saturated carbocycles. The van der Waals surface area contributed by atoms with E-state index in [9.17, 15) is 9.90 Å². The number of nitrogens with zero attached hydrogens (tertiary/aromatic N) is 1. The SMILES string of the molecule is C=C1C(=O)C23CCC1CC2C1C2C=[N+](C)C(CO)C(C2)C(C)C1CC3. The first kappa shape index (κ1) is 16.2. The molecule has 1 heterocycles. The normalized spacial score (nSPS) is 54.0. The first-order chi connectivity index (χ1) is 12.0. The number of allylic oxidation sites excluding steroid dienone is 1. The molecule has 25 heavy (non-hydrogen) atoms. The van der Waals surface area contributed by atoms with Crippen LogP contribution in [0.15, 0.2) is 12.2 Å². The molecule has 0 radical (unpaired) electrons. The van der Waals surface area contributed by atoms with E-state index in [0.29, 0.717) is 41.3 Å². The van der Waals surface area contributed by atoms with Crippen LogP contribution in [0.1, 0.15) is 45.4 Å². The Kier molecular flexibility index (Phi) is 3.43.